The highest BCUT2D eigenvalue weighted by molar-refractivity contribution is 5.80. The molecular weight excluding hydrogens is 402 g/mol. The Morgan fingerprint density at radius 1 is 0.969 bits per heavy atom. The fourth-order valence-corrected chi connectivity index (χ4v) is 3.81. The average molecular weight is 430 g/mol. The molecule has 0 aliphatic carbocycles. The molecule has 1 aromatic heterocycles. The molecule has 0 atom stereocenters. The lowest BCUT2D eigenvalue weighted by molar-refractivity contribution is -0.140. The molecule has 4 aromatic rings. The number of benzene rings is 3. The topological polar surface area (TPSA) is 77.2 Å². The molecule has 0 saturated heterocycles. The van der Waals surface area contributed by atoms with Crippen LogP contribution >= 0.6 is 0 Å². The minimum atomic E-state index is -0.255. The van der Waals surface area contributed by atoms with Crippen LogP contribution in [-0.2, 0) is 21.4 Å². The number of hydrogen-bond acceptors (Lipinski definition) is 5. The predicted molar refractivity (Wildman–Crippen MR) is 125 cm³/mol. The van der Waals surface area contributed by atoms with Crippen LogP contribution in [0.5, 0.6) is 5.75 Å². The highest BCUT2D eigenvalue weighted by atomic mass is 16.5. The maximum atomic E-state index is 11.6. The van der Waals surface area contributed by atoms with E-state index in [1.807, 2.05) is 60.7 Å². The SMILES string of the molecule is COC(=O)CCc1ccc(-c2cccc(C(C)(C)C)c2O)c(-n2nc3ccccc3n2)c1. The molecule has 0 spiro atoms. The van der Waals surface area contributed by atoms with E-state index in [1.165, 1.54) is 7.11 Å². The van der Waals surface area contributed by atoms with Gasteiger partial charge in [-0.15, -0.1) is 15.0 Å². The molecule has 164 valence electrons. The number of carbonyl (C=O) groups is 1. The fourth-order valence-electron chi connectivity index (χ4n) is 3.81. The molecule has 6 nitrogen and oxygen atoms in total. The maximum Gasteiger partial charge on any atom is 0.305 e. The van der Waals surface area contributed by atoms with Crippen molar-refractivity contribution in [3.8, 4) is 22.6 Å². The number of para-hydroxylation sites is 1. The van der Waals surface area contributed by atoms with Crippen molar-refractivity contribution in [1.29, 1.82) is 0 Å². The van der Waals surface area contributed by atoms with E-state index in [4.69, 9.17) is 4.74 Å². The highest BCUT2D eigenvalue weighted by Gasteiger charge is 2.22. The Bertz CT molecular complexity index is 1250. The number of esters is 1. The lowest BCUT2D eigenvalue weighted by Gasteiger charge is -2.22. The van der Waals surface area contributed by atoms with Crippen LogP contribution in [-0.4, -0.2) is 33.2 Å². The van der Waals surface area contributed by atoms with E-state index in [1.54, 1.807) is 4.80 Å². The zero-order chi connectivity index (χ0) is 22.9. The van der Waals surface area contributed by atoms with E-state index in [0.29, 0.717) is 12.0 Å². The van der Waals surface area contributed by atoms with Gasteiger partial charge < -0.3 is 9.84 Å². The normalized spacial score (nSPS) is 11.6. The standard InChI is InChI=1S/C26H27N3O3/c1-26(2,3)20-9-7-8-19(25(20)31)18-14-12-17(13-15-24(30)32-4)16-23(18)29-27-21-10-5-6-11-22(21)28-29/h5-12,14,16,31H,13,15H2,1-4H3. The predicted octanol–water partition coefficient (Wildman–Crippen LogP) is 5.20. The number of carbonyl (C=O) groups excluding carboxylic acids is 1. The summed E-state index contributed by atoms with van der Waals surface area (Å²) in [7, 11) is 1.39. The summed E-state index contributed by atoms with van der Waals surface area (Å²) in [5.41, 5.74) is 5.46. The van der Waals surface area contributed by atoms with Gasteiger partial charge in [0.2, 0.25) is 0 Å². The molecule has 0 saturated carbocycles. The summed E-state index contributed by atoms with van der Waals surface area (Å²) >= 11 is 0. The Hall–Kier alpha value is -3.67. The lowest BCUT2D eigenvalue weighted by atomic mass is 9.84. The third kappa shape index (κ3) is 4.21. The third-order valence-corrected chi connectivity index (χ3v) is 5.54. The quantitative estimate of drug-likeness (QED) is 0.442. The molecule has 0 amide bonds. The number of phenols is 1. The van der Waals surface area contributed by atoms with Crippen molar-refractivity contribution in [1.82, 2.24) is 15.0 Å². The number of aryl methyl sites for hydroxylation is 1. The zero-order valence-corrected chi connectivity index (χ0v) is 18.8. The molecular formula is C26H27N3O3. The number of methoxy groups -OCH3 is 1. The van der Waals surface area contributed by atoms with Crippen LogP contribution in [0.3, 0.4) is 0 Å². The Labute approximate surface area is 187 Å². The Morgan fingerprint density at radius 3 is 2.28 bits per heavy atom. The van der Waals surface area contributed by atoms with Crippen LogP contribution in [0.15, 0.2) is 60.7 Å². The molecule has 6 heteroatoms. The molecule has 0 unspecified atom stereocenters. The molecule has 0 bridgehead atoms. The number of aromatic hydroxyl groups is 1. The largest absolute Gasteiger partial charge is 0.507 e. The van der Waals surface area contributed by atoms with Gasteiger partial charge in [0.15, 0.2) is 0 Å². The van der Waals surface area contributed by atoms with Gasteiger partial charge in [0.05, 0.1) is 12.8 Å². The van der Waals surface area contributed by atoms with Gasteiger partial charge in [0.1, 0.15) is 16.8 Å². The van der Waals surface area contributed by atoms with E-state index < -0.39 is 0 Å². The minimum Gasteiger partial charge on any atom is -0.507 e. The number of fused-ring (bicyclic) bond motifs is 1. The first-order valence-electron chi connectivity index (χ1n) is 10.6. The molecule has 0 aliphatic heterocycles. The monoisotopic (exact) mass is 429 g/mol. The number of hydrogen-bond donors (Lipinski definition) is 1. The van der Waals surface area contributed by atoms with E-state index in [-0.39, 0.29) is 23.6 Å². The summed E-state index contributed by atoms with van der Waals surface area (Å²) in [5, 5.41) is 20.5. The average Bonchev–Trinajstić information content (AvgIpc) is 3.21. The molecule has 0 fully saturated rings. The van der Waals surface area contributed by atoms with Gasteiger partial charge in [0.25, 0.3) is 0 Å². The number of ether oxygens (including phenoxy) is 1. The number of rotatable bonds is 5. The molecule has 32 heavy (non-hydrogen) atoms. The highest BCUT2D eigenvalue weighted by Crippen LogP contribution is 2.40. The third-order valence-electron chi connectivity index (χ3n) is 5.54. The summed E-state index contributed by atoms with van der Waals surface area (Å²) in [6.07, 6.45) is 0.823. The van der Waals surface area contributed by atoms with Gasteiger partial charge in [0, 0.05) is 17.5 Å². The molecule has 0 radical (unpaired) electrons. The van der Waals surface area contributed by atoms with Crippen molar-refractivity contribution < 1.29 is 14.6 Å². The summed E-state index contributed by atoms with van der Waals surface area (Å²) < 4.78 is 4.78. The van der Waals surface area contributed by atoms with Gasteiger partial charge in [-0.1, -0.05) is 63.2 Å². The van der Waals surface area contributed by atoms with Gasteiger partial charge >= 0.3 is 5.97 Å². The van der Waals surface area contributed by atoms with E-state index in [9.17, 15) is 9.90 Å². The van der Waals surface area contributed by atoms with E-state index in [0.717, 1.165) is 33.4 Å². The smallest absolute Gasteiger partial charge is 0.305 e. The summed E-state index contributed by atoms with van der Waals surface area (Å²) in [5.74, 6) is -0.00521. The van der Waals surface area contributed by atoms with Crippen LogP contribution in [0.4, 0.5) is 0 Å². The second-order valence-electron chi connectivity index (χ2n) is 8.86. The minimum absolute atomic E-state index is 0.209. The van der Waals surface area contributed by atoms with Crippen LogP contribution in [0.1, 0.15) is 38.3 Å². The second kappa shape index (κ2) is 8.46. The number of aromatic nitrogens is 3. The molecule has 4 rings (SSSR count). The Kier molecular flexibility index (Phi) is 5.70. The molecule has 1 heterocycles. The molecule has 3 aromatic carbocycles. The Balaban J connectivity index is 1.88. The first kappa shape index (κ1) is 21.6. The fraction of sp³-hybridized carbons (Fsp3) is 0.269. The van der Waals surface area contributed by atoms with Gasteiger partial charge in [-0.05, 0) is 41.2 Å². The molecule has 0 aliphatic rings. The van der Waals surface area contributed by atoms with Crippen molar-refractivity contribution in [2.24, 2.45) is 0 Å². The maximum absolute atomic E-state index is 11.6. The van der Waals surface area contributed by atoms with Gasteiger partial charge in [-0.25, -0.2) is 0 Å². The van der Waals surface area contributed by atoms with Crippen molar-refractivity contribution in [2.45, 2.75) is 39.0 Å². The summed E-state index contributed by atoms with van der Waals surface area (Å²) in [6, 6.07) is 19.4. The van der Waals surface area contributed by atoms with E-state index >= 15 is 0 Å². The van der Waals surface area contributed by atoms with Crippen molar-refractivity contribution in [3.63, 3.8) is 0 Å². The first-order valence-corrected chi connectivity index (χ1v) is 10.6. The summed E-state index contributed by atoms with van der Waals surface area (Å²) in [6.45, 7) is 6.22. The van der Waals surface area contributed by atoms with Crippen molar-refractivity contribution in [3.05, 3.63) is 71.8 Å². The van der Waals surface area contributed by atoms with Crippen LogP contribution in [0.25, 0.3) is 27.8 Å². The molecule has 1 N–H and O–H groups in total. The van der Waals surface area contributed by atoms with Crippen LogP contribution in [0.2, 0.25) is 0 Å². The Morgan fingerprint density at radius 2 is 1.66 bits per heavy atom. The number of nitrogens with zero attached hydrogens (tertiary/aromatic N) is 3. The van der Waals surface area contributed by atoms with Gasteiger partial charge in [-0.2, -0.15) is 0 Å². The van der Waals surface area contributed by atoms with Crippen molar-refractivity contribution in [2.75, 3.05) is 7.11 Å². The first-order chi connectivity index (χ1) is 15.3. The second-order valence-corrected chi connectivity index (χ2v) is 8.86. The van der Waals surface area contributed by atoms with Gasteiger partial charge in [-0.3, -0.25) is 4.79 Å². The van der Waals surface area contributed by atoms with Crippen LogP contribution in [0, 0.1) is 0 Å². The van der Waals surface area contributed by atoms with Crippen LogP contribution < -0.4 is 0 Å². The zero-order valence-electron chi connectivity index (χ0n) is 18.8. The van der Waals surface area contributed by atoms with E-state index in [2.05, 4.69) is 31.0 Å². The summed E-state index contributed by atoms with van der Waals surface area (Å²) in [4.78, 5) is 13.2. The van der Waals surface area contributed by atoms with Crippen molar-refractivity contribution >= 4 is 17.0 Å². The lowest BCUT2D eigenvalue weighted by Crippen LogP contribution is -2.11. The number of phenolic OH excluding ortho intramolecular Hbond substituents is 1.